The molecule has 0 spiro atoms. The van der Waals surface area contributed by atoms with Crippen molar-refractivity contribution in [1.29, 1.82) is 0 Å². The first-order valence-electron chi connectivity index (χ1n) is 5.18. The fraction of sp³-hybridized carbons (Fsp3) is 0.636. The van der Waals surface area contributed by atoms with E-state index >= 15 is 0 Å². The highest BCUT2D eigenvalue weighted by Gasteiger charge is 2.31. The minimum Gasteiger partial charge on any atom is -0.467 e. The first-order chi connectivity index (χ1) is 6.71. The summed E-state index contributed by atoms with van der Waals surface area (Å²) in [5, 5.41) is 3.56. The zero-order chi connectivity index (χ0) is 10.0. The van der Waals surface area contributed by atoms with Gasteiger partial charge in [0.2, 0.25) is 0 Å². The van der Waals surface area contributed by atoms with Crippen molar-refractivity contribution in [3.63, 3.8) is 0 Å². The van der Waals surface area contributed by atoms with Crippen molar-refractivity contribution >= 4 is 0 Å². The maximum absolute atomic E-state index is 5.49. The minimum atomic E-state index is -0.0330. The molecule has 1 atom stereocenters. The Balaban J connectivity index is 2.20. The summed E-state index contributed by atoms with van der Waals surface area (Å²) in [5.41, 5.74) is -0.0330. The van der Waals surface area contributed by atoms with Crippen LogP contribution in [0, 0.1) is 0 Å². The highest BCUT2D eigenvalue weighted by molar-refractivity contribution is 5.12. The van der Waals surface area contributed by atoms with E-state index in [4.69, 9.17) is 4.42 Å². The third-order valence-corrected chi connectivity index (χ3v) is 2.88. The van der Waals surface area contributed by atoms with Crippen LogP contribution in [0.4, 0.5) is 0 Å². The van der Waals surface area contributed by atoms with Gasteiger partial charge in [0.05, 0.1) is 11.8 Å². The van der Waals surface area contributed by atoms with E-state index in [0.29, 0.717) is 0 Å². The molecule has 0 aliphatic carbocycles. The maximum Gasteiger partial charge on any atom is 0.124 e. The Labute approximate surface area is 85.1 Å². The van der Waals surface area contributed by atoms with E-state index in [-0.39, 0.29) is 5.54 Å². The molecule has 0 amide bonds. The van der Waals surface area contributed by atoms with Gasteiger partial charge in [-0.2, -0.15) is 0 Å². The van der Waals surface area contributed by atoms with Crippen LogP contribution < -0.4 is 5.32 Å². The SMILES string of the molecule is CN1CCCNC(C)(c2ccco2)C1. The second-order valence-corrected chi connectivity index (χ2v) is 4.33. The number of hydrogen-bond donors (Lipinski definition) is 1. The lowest BCUT2D eigenvalue weighted by molar-refractivity contribution is 0.226. The van der Waals surface area contributed by atoms with Gasteiger partial charge in [0.25, 0.3) is 0 Å². The van der Waals surface area contributed by atoms with E-state index in [9.17, 15) is 0 Å². The molecule has 0 radical (unpaired) electrons. The second kappa shape index (κ2) is 3.75. The van der Waals surface area contributed by atoms with Crippen molar-refractivity contribution in [1.82, 2.24) is 10.2 Å². The van der Waals surface area contributed by atoms with Crippen LogP contribution in [0.1, 0.15) is 19.1 Å². The topological polar surface area (TPSA) is 28.4 Å². The number of furan rings is 1. The molecule has 1 aromatic heterocycles. The van der Waals surface area contributed by atoms with E-state index in [2.05, 4.69) is 24.2 Å². The molecule has 0 bridgehead atoms. The van der Waals surface area contributed by atoms with Gasteiger partial charge in [-0.3, -0.25) is 0 Å². The molecule has 2 rings (SSSR count). The van der Waals surface area contributed by atoms with E-state index in [0.717, 1.165) is 25.4 Å². The highest BCUT2D eigenvalue weighted by atomic mass is 16.3. The number of nitrogens with one attached hydrogen (secondary N) is 1. The molecule has 1 N–H and O–H groups in total. The average Bonchev–Trinajstić information content (AvgIpc) is 2.61. The summed E-state index contributed by atoms with van der Waals surface area (Å²) in [6.07, 6.45) is 2.94. The normalized spacial score (nSPS) is 30.1. The number of nitrogens with zero attached hydrogens (tertiary/aromatic N) is 1. The van der Waals surface area contributed by atoms with Crippen molar-refractivity contribution in [2.75, 3.05) is 26.7 Å². The molecule has 3 nitrogen and oxygen atoms in total. The fourth-order valence-corrected chi connectivity index (χ4v) is 2.15. The Bertz CT molecular complexity index is 283. The Hall–Kier alpha value is -0.800. The van der Waals surface area contributed by atoms with Gasteiger partial charge in [-0.25, -0.2) is 0 Å². The molecule has 0 saturated carbocycles. The van der Waals surface area contributed by atoms with Gasteiger partial charge in [0.15, 0.2) is 0 Å². The van der Waals surface area contributed by atoms with E-state index in [1.54, 1.807) is 6.26 Å². The first-order valence-corrected chi connectivity index (χ1v) is 5.18. The molecular weight excluding hydrogens is 176 g/mol. The molecule has 1 unspecified atom stereocenters. The Morgan fingerprint density at radius 2 is 2.43 bits per heavy atom. The van der Waals surface area contributed by atoms with E-state index in [1.165, 1.54) is 6.42 Å². The second-order valence-electron chi connectivity index (χ2n) is 4.33. The average molecular weight is 194 g/mol. The molecule has 1 saturated heterocycles. The molecule has 3 heteroatoms. The van der Waals surface area contributed by atoms with Crippen molar-refractivity contribution in [2.45, 2.75) is 18.9 Å². The number of likely N-dealkylation sites (N-methyl/N-ethyl adjacent to an activating group) is 1. The van der Waals surface area contributed by atoms with Gasteiger partial charge in [-0.1, -0.05) is 0 Å². The van der Waals surface area contributed by atoms with Crippen LogP contribution in [-0.4, -0.2) is 31.6 Å². The predicted octanol–water partition coefficient (Wildman–Crippen LogP) is 1.42. The van der Waals surface area contributed by atoms with Crippen LogP contribution in [0.3, 0.4) is 0 Å². The van der Waals surface area contributed by atoms with Gasteiger partial charge >= 0.3 is 0 Å². The lowest BCUT2D eigenvalue weighted by Gasteiger charge is -2.29. The summed E-state index contributed by atoms with van der Waals surface area (Å²) in [5.74, 6) is 1.03. The smallest absolute Gasteiger partial charge is 0.124 e. The molecule has 14 heavy (non-hydrogen) atoms. The monoisotopic (exact) mass is 194 g/mol. The molecule has 2 heterocycles. The molecule has 78 valence electrons. The largest absolute Gasteiger partial charge is 0.467 e. The third kappa shape index (κ3) is 1.83. The highest BCUT2D eigenvalue weighted by Crippen LogP contribution is 2.23. The zero-order valence-electron chi connectivity index (χ0n) is 8.92. The maximum atomic E-state index is 5.49. The summed E-state index contributed by atoms with van der Waals surface area (Å²) in [6.45, 7) is 5.42. The van der Waals surface area contributed by atoms with Gasteiger partial charge in [-0.15, -0.1) is 0 Å². The molecular formula is C11H18N2O. The molecule has 1 fully saturated rings. The van der Waals surface area contributed by atoms with Crippen LogP contribution in [-0.2, 0) is 5.54 Å². The van der Waals surface area contributed by atoms with E-state index in [1.807, 2.05) is 12.1 Å². The standard InChI is InChI=1S/C11H18N2O/c1-11(10-5-3-8-14-10)9-13(2)7-4-6-12-11/h3,5,8,12H,4,6-7,9H2,1-2H3. The lowest BCUT2D eigenvalue weighted by atomic mass is 9.99. The van der Waals surface area contributed by atoms with Crippen LogP contribution >= 0.6 is 0 Å². The summed E-state index contributed by atoms with van der Waals surface area (Å²) in [7, 11) is 2.16. The zero-order valence-corrected chi connectivity index (χ0v) is 8.92. The summed E-state index contributed by atoms with van der Waals surface area (Å²) in [6, 6.07) is 4.00. The van der Waals surface area contributed by atoms with Crippen LogP contribution in [0.2, 0.25) is 0 Å². The molecule has 1 aliphatic rings. The molecule has 0 aromatic carbocycles. The van der Waals surface area contributed by atoms with Gasteiger partial charge in [0, 0.05) is 6.54 Å². The quantitative estimate of drug-likeness (QED) is 0.733. The molecule has 1 aliphatic heterocycles. The minimum absolute atomic E-state index is 0.0330. The Kier molecular flexibility index (Phi) is 2.61. The van der Waals surface area contributed by atoms with Crippen molar-refractivity contribution < 1.29 is 4.42 Å². The van der Waals surface area contributed by atoms with Crippen LogP contribution in [0.15, 0.2) is 22.8 Å². The number of rotatable bonds is 1. The summed E-state index contributed by atoms with van der Waals surface area (Å²) >= 11 is 0. The van der Waals surface area contributed by atoms with Crippen molar-refractivity contribution in [3.8, 4) is 0 Å². The lowest BCUT2D eigenvalue weighted by Crippen LogP contribution is -2.45. The predicted molar refractivity (Wildman–Crippen MR) is 56.2 cm³/mol. The van der Waals surface area contributed by atoms with Crippen LogP contribution in [0.5, 0.6) is 0 Å². The van der Waals surface area contributed by atoms with E-state index < -0.39 is 0 Å². The summed E-state index contributed by atoms with van der Waals surface area (Å²) < 4.78 is 5.49. The Morgan fingerprint density at radius 3 is 3.14 bits per heavy atom. The van der Waals surface area contributed by atoms with Gasteiger partial charge in [0.1, 0.15) is 5.76 Å². The third-order valence-electron chi connectivity index (χ3n) is 2.88. The molecule has 1 aromatic rings. The van der Waals surface area contributed by atoms with Crippen LogP contribution in [0.25, 0.3) is 0 Å². The van der Waals surface area contributed by atoms with Gasteiger partial charge in [-0.05, 0) is 45.6 Å². The number of hydrogen-bond acceptors (Lipinski definition) is 3. The van der Waals surface area contributed by atoms with Crippen molar-refractivity contribution in [3.05, 3.63) is 24.2 Å². The fourth-order valence-electron chi connectivity index (χ4n) is 2.15. The van der Waals surface area contributed by atoms with Crippen molar-refractivity contribution in [2.24, 2.45) is 0 Å². The first kappa shape index (κ1) is 9.74. The Morgan fingerprint density at radius 1 is 1.57 bits per heavy atom. The summed E-state index contributed by atoms with van der Waals surface area (Å²) in [4.78, 5) is 2.35. The van der Waals surface area contributed by atoms with Gasteiger partial charge < -0.3 is 14.6 Å².